The first-order valence-electron chi connectivity index (χ1n) is 9.48. The molecule has 0 bridgehead atoms. The van der Waals surface area contributed by atoms with Crippen LogP contribution in [0, 0.1) is 6.92 Å². The summed E-state index contributed by atoms with van der Waals surface area (Å²) in [7, 11) is 0. The Morgan fingerprint density at radius 1 is 1.24 bits per heavy atom. The minimum atomic E-state index is -0.910. The number of rotatable bonds is 6. The number of aliphatic carboxylic acids is 1. The minimum absolute atomic E-state index is 0.245. The number of carbonyl (C=O) groups excluding carboxylic acids is 1. The van der Waals surface area contributed by atoms with Gasteiger partial charge in [0.05, 0.1) is 5.56 Å². The molecule has 3 aromatic rings. The van der Waals surface area contributed by atoms with E-state index in [0.29, 0.717) is 47.6 Å². The Morgan fingerprint density at radius 3 is 2.76 bits per heavy atom. The molecule has 4 rings (SSSR count). The minimum Gasteiger partial charge on any atom is -0.489 e. The molecule has 0 radical (unpaired) electrons. The molecule has 1 fully saturated rings. The largest absolute Gasteiger partial charge is 0.489 e. The van der Waals surface area contributed by atoms with Crippen molar-refractivity contribution in [1.82, 2.24) is 10.6 Å². The van der Waals surface area contributed by atoms with Gasteiger partial charge in [0, 0.05) is 18.0 Å². The standard InChI is InChI=1S/C22H22N2O5/c1-13-20(21(25)24-15-9-18(22(26)27)23-11-15)17-10-16(7-8-19(17)29-13)28-12-14-5-3-2-4-6-14/h2-8,10,15,18,23H,9,11-12H2,1H3,(H,24,25)(H,26,27)/t15-,18+/m0/s1. The number of ether oxygens (including phenoxy) is 1. The van der Waals surface area contributed by atoms with Crippen molar-refractivity contribution in [3.63, 3.8) is 0 Å². The summed E-state index contributed by atoms with van der Waals surface area (Å²) in [6.45, 7) is 2.59. The molecule has 150 valence electrons. The summed E-state index contributed by atoms with van der Waals surface area (Å²) in [5, 5.41) is 15.6. The molecule has 3 N–H and O–H groups in total. The van der Waals surface area contributed by atoms with Crippen molar-refractivity contribution in [3.8, 4) is 5.75 Å². The summed E-state index contributed by atoms with van der Waals surface area (Å²) in [4.78, 5) is 24.0. The zero-order valence-electron chi connectivity index (χ0n) is 16.0. The molecular weight excluding hydrogens is 372 g/mol. The predicted molar refractivity (Wildman–Crippen MR) is 107 cm³/mol. The number of benzene rings is 2. The molecule has 1 amide bonds. The smallest absolute Gasteiger partial charge is 0.320 e. The van der Waals surface area contributed by atoms with Crippen molar-refractivity contribution in [1.29, 1.82) is 0 Å². The van der Waals surface area contributed by atoms with Crippen LogP contribution in [0.4, 0.5) is 0 Å². The highest BCUT2D eigenvalue weighted by molar-refractivity contribution is 6.07. The van der Waals surface area contributed by atoms with Crippen LogP contribution in [0.5, 0.6) is 5.75 Å². The first-order valence-corrected chi connectivity index (χ1v) is 9.48. The number of hydrogen-bond donors (Lipinski definition) is 3. The fraction of sp³-hybridized carbons (Fsp3) is 0.273. The van der Waals surface area contributed by atoms with Gasteiger partial charge >= 0.3 is 5.97 Å². The Morgan fingerprint density at radius 2 is 2.03 bits per heavy atom. The Hall–Kier alpha value is -3.32. The number of fused-ring (bicyclic) bond motifs is 1. The second-order valence-electron chi connectivity index (χ2n) is 7.17. The highest BCUT2D eigenvalue weighted by Crippen LogP contribution is 2.29. The lowest BCUT2D eigenvalue weighted by molar-refractivity contribution is -0.139. The van der Waals surface area contributed by atoms with E-state index >= 15 is 0 Å². The van der Waals surface area contributed by atoms with Crippen LogP contribution in [-0.2, 0) is 11.4 Å². The van der Waals surface area contributed by atoms with Crippen molar-refractivity contribution in [2.24, 2.45) is 0 Å². The van der Waals surface area contributed by atoms with Crippen molar-refractivity contribution in [2.75, 3.05) is 6.54 Å². The van der Waals surface area contributed by atoms with Gasteiger partial charge in [0.25, 0.3) is 5.91 Å². The van der Waals surface area contributed by atoms with Crippen LogP contribution in [0.3, 0.4) is 0 Å². The van der Waals surface area contributed by atoms with Crippen molar-refractivity contribution < 1.29 is 23.8 Å². The predicted octanol–water partition coefficient (Wildman–Crippen LogP) is 2.87. The summed E-state index contributed by atoms with van der Waals surface area (Å²) in [6.07, 6.45) is 0.349. The Labute approximate surface area is 167 Å². The van der Waals surface area contributed by atoms with E-state index in [-0.39, 0.29) is 11.9 Å². The molecule has 1 aliphatic rings. The first kappa shape index (κ1) is 19.0. The van der Waals surface area contributed by atoms with Crippen LogP contribution in [0.2, 0.25) is 0 Å². The van der Waals surface area contributed by atoms with Gasteiger partial charge in [-0.15, -0.1) is 0 Å². The zero-order chi connectivity index (χ0) is 20.4. The number of aryl methyl sites for hydroxylation is 1. The van der Waals surface area contributed by atoms with Gasteiger partial charge in [-0.1, -0.05) is 30.3 Å². The number of carbonyl (C=O) groups is 2. The quantitative estimate of drug-likeness (QED) is 0.594. The molecule has 0 unspecified atom stereocenters. The molecule has 0 saturated carbocycles. The number of amides is 1. The highest BCUT2D eigenvalue weighted by Gasteiger charge is 2.31. The summed E-state index contributed by atoms with van der Waals surface area (Å²) < 4.78 is 11.6. The van der Waals surface area contributed by atoms with Crippen LogP contribution in [0.15, 0.2) is 52.9 Å². The van der Waals surface area contributed by atoms with Crippen molar-refractivity contribution >= 4 is 22.8 Å². The van der Waals surface area contributed by atoms with Gasteiger partial charge in [0.15, 0.2) is 0 Å². The maximum atomic E-state index is 12.9. The SMILES string of the molecule is Cc1oc2ccc(OCc3ccccc3)cc2c1C(=O)N[C@@H]1CN[C@@H](C(=O)O)C1. The van der Waals surface area contributed by atoms with E-state index in [4.69, 9.17) is 14.3 Å². The molecule has 2 atom stereocenters. The number of carboxylic acid groups (broad SMARTS) is 1. The molecule has 0 spiro atoms. The summed E-state index contributed by atoms with van der Waals surface area (Å²) in [5.41, 5.74) is 2.10. The monoisotopic (exact) mass is 394 g/mol. The van der Waals surface area contributed by atoms with E-state index < -0.39 is 12.0 Å². The second-order valence-corrected chi connectivity index (χ2v) is 7.17. The van der Waals surface area contributed by atoms with Gasteiger partial charge in [0.1, 0.15) is 29.7 Å². The lowest BCUT2D eigenvalue weighted by Gasteiger charge is -2.11. The zero-order valence-corrected chi connectivity index (χ0v) is 16.0. The molecule has 1 aliphatic heterocycles. The second kappa shape index (κ2) is 7.97. The third-order valence-corrected chi connectivity index (χ3v) is 5.08. The van der Waals surface area contributed by atoms with E-state index in [1.807, 2.05) is 36.4 Å². The fourth-order valence-electron chi connectivity index (χ4n) is 3.60. The summed E-state index contributed by atoms with van der Waals surface area (Å²) in [6, 6.07) is 14.4. The van der Waals surface area contributed by atoms with E-state index in [9.17, 15) is 9.59 Å². The fourth-order valence-corrected chi connectivity index (χ4v) is 3.60. The highest BCUT2D eigenvalue weighted by atomic mass is 16.5. The third-order valence-electron chi connectivity index (χ3n) is 5.08. The van der Waals surface area contributed by atoms with Gasteiger partial charge in [-0.05, 0) is 37.1 Å². The van der Waals surface area contributed by atoms with Gasteiger partial charge in [-0.25, -0.2) is 0 Å². The molecule has 2 aromatic carbocycles. The molecule has 1 aromatic heterocycles. The topological polar surface area (TPSA) is 101 Å². The van der Waals surface area contributed by atoms with E-state index in [2.05, 4.69) is 10.6 Å². The van der Waals surface area contributed by atoms with E-state index in [1.165, 1.54) is 0 Å². The summed E-state index contributed by atoms with van der Waals surface area (Å²) >= 11 is 0. The van der Waals surface area contributed by atoms with Crippen molar-refractivity contribution in [3.05, 3.63) is 65.4 Å². The van der Waals surface area contributed by atoms with Crippen LogP contribution in [-0.4, -0.2) is 35.6 Å². The van der Waals surface area contributed by atoms with Crippen molar-refractivity contribution in [2.45, 2.75) is 32.0 Å². The van der Waals surface area contributed by atoms with Crippen LogP contribution < -0.4 is 15.4 Å². The lowest BCUT2D eigenvalue weighted by atomic mass is 10.1. The Bertz CT molecular complexity index is 1040. The van der Waals surface area contributed by atoms with Gasteiger partial charge < -0.3 is 24.9 Å². The number of nitrogens with one attached hydrogen (secondary N) is 2. The molecule has 29 heavy (non-hydrogen) atoms. The molecular formula is C22H22N2O5. The van der Waals surface area contributed by atoms with E-state index in [0.717, 1.165) is 5.56 Å². The number of carboxylic acids is 1. The van der Waals surface area contributed by atoms with Gasteiger partial charge in [0.2, 0.25) is 0 Å². The molecule has 7 nitrogen and oxygen atoms in total. The van der Waals surface area contributed by atoms with E-state index in [1.54, 1.807) is 19.1 Å². The third kappa shape index (κ3) is 4.09. The normalized spacial score (nSPS) is 18.7. The van der Waals surface area contributed by atoms with Crippen LogP contribution >= 0.6 is 0 Å². The maximum absolute atomic E-state index is 12.9. The maximum Gasteiger partial charge on any atom is 0.320 e. The van der Waals surface area contributed by atoms with Crippen LogP contribution in [0.1, 0.15) is 28.1 Å². The molecule has 0 aliphatic carbocycles. The number of furan rings is 1. The van der Waals surface area contributed by atoms with Gasteiger partial charge in [-0.2, -0.15) is 0 Å². The average molecular weight is 394 g/mol. The Balaban J connectivity index is 1.51. The van der Waals surface area contributed by atoms with Crippen LogP contribution in [0.25, 0.3) is 11.0 Å². The first-order chi connectivity index (χ1) is 14.0. The molecule has 2 heterocycles. The average Bonchev–Trinajstić information content (AvgIpc) is 3.30. The van der Waals surface area contributed by atoms with Gasteiger partial charge in [-0.3, -0.25) is 9.59 Å². The molecule has 7 heteroatoms. The lowest BCUT2D eigenvalue weighted by Crippen LogP contribution is -2.36. The number of hydrogen-bond acceptors (Lipinski definition) is 5. The molecule has 1 saturated heterocycles. The summed E-state index contributed by atoms with van der Waals surface area (Å²) in [5.74, 6) is -0.0330. The Kier molecular flexibility index (Phi) is 5.22.